The van der Waals surface area contributed by atoms with Gasteiger partial charge in [0.1, 0.15) is 5.78 Å². The van der Waals surface area contributed by atoms with Crippen LogP contribution in [-0.4, -0.2) is 120 Å². The van der Waals surface area contributed by atoms with Crippen molar-refractivity contribution in [2.24, 2.45) is 11.8 Å². The SMILES string of the molecule is C[C@@H]1CC[C@H]2CC(=O)C[C@@H](O)CC/C=C/C=C\CC[C@H](C)OC(=O)C(O)[C@]3(O)O[C@@H](CC[C@H]3C)CC(O)C[C@@H](O)CC/C=C/C=C\CC[C@H](C)OC(=O)C(O)[C@]1(O)O2. The van der Waals surface area contributed by atoms with Gasteiger partial charge >= 0.3 is 11.9 Å². The van der Waals surface area contributed by atoms with Crippen molar-refractivity contribution in [2.75, 3.05) is 0 Å². The van der Waals surface area contributed by atoms with Gasteiger partial charge in [0.05, 0.1) is 42.7 Å². The number of ketones is 1. The molecule has 14 heteroatoms. The third-order valence-electron chi connectivity index (χ3n) is 11.4. The molecule has 330 valence electrons. The average Bonchev–Trinajstić information content (AvgIpc) is 3.15. The summed E-state index contributed by atoms with van der Waals surface area (Å²) in [5.74, 6) is -7.90. The summed E-state index contributed by atoms with van der Waals surface area (Å²) in [6, 6.07) is 0. The maximum Gasteiger partial charge on any atom is 0.340 e. The molecular formula is C44H70O14. The molecule has 3 rings (SSSR count). The number of fused-ring (bicyclic) bond motifs is 4. The lowest BCUT2D eigenvalue weighted by atomic mass is 9.85. The second-order valence-corrected chi connectivity index (χ2v) is 16.6. The van der Waals surface area contributed by atoms with Crippen LogP contribution >= 0.6 is 0 Å². The third-order valence-corrected chi connectivity index (χ3v) is 11.4. The predicted octanol–water partition coefficient (Wildman–Crippen LogP) is 4.15. The molecule has 0 aromatic carbocycles. The first-order valence-electron chi connectivity index (χ1n) is 21.2. The van der Waals surface area contributed by atoms with Gasteiger partial charge in [0.2, 0.25) is 23.8 Å². The molecule has 58 heavy (non-hydrogen) atoms. The Hall–Kier alpha value is -2.79. The highest BCUT2D eigenvalue weighted by Gasteiger charge is 2.52. The van der Waals surface area contributed by atoms with Crippen molar-refractivity contribution in [1.82, 2.24) is 0 Å². The number of hydrogen-bond donors (Lipinski definition) is 7. The summed E-state index contributed by atoms with van der Waals surface area (Å²) in [5.41, 5.74) is 0. The Balaban J connectivity index is 1.62. The van der Waals surface area contributed by atoms with Crippen molar-refractivity contribution in [3.63, 3.8) is 0 Å². The molecule has 0 amide bonds. The van der Waals surface area contributed by atoms with E-state index >= 15 is 0 Å². The lowest BCUT2D eigenvalue weighted by Crippen LogP contribution is -2.58. The van der Waals surface area contributed by atoms with Crippen molar-refractivity contribution in [3.8, 4) is 0 Å². The molecule has 14 nitrogen and oxygen atoms in total. The van der Waals surface area contributed by atoms with E-state index in [2.05, 4.69) is 0 Å². The summed E-state index contributed by atoms with van der Waals surface area (Å²) in [4.78, 5) is 38.6. The van der Waals surface area contributed by atoms with Gasteiger partial charge < -0.3 is 54.7 Å². The van der Waals surface area contributed by atoms with Crippen molar-refractivity contribution in [2.45, 2.75) is 197 Å². The standard InChI is InChI=1S/C44H70O14/c1-29-21-23-37-27-35(47)25-33(45)19-15-11-8-6-10-14-18-32(4)56-42(52)40(50)44(54)30(2)22-24-38(58-44)28-36(48)26-34(46)20-16-12-7-5-9-13-17-31(3)55-41(51)39(49)43(29,53)57-37/h5-12,29-35,37-40,45-47,49-50,53-54H,13-28H2,1-4H3/b9-5-,10-6-,11-8+,12-7+/t29-,30-,31+,32+,33+,34+,35?,37+,38+,39?,40?,43-,44-/m1/s1. The number of ether oxygens (including phenoxy) is 4. The van der Waals surface area contributed by atoms with Crippen molar-refractivity contribution >= 4 is 17.7 Å². The lowest BCUT2D eigenvalue weighted by Gasteiger charge is -2.44. The molecule has 3 aliphatic heterocycles. The van der Waals surface area contributed by atoms with Crippen LogP contribution in [-0.2, 0) is 33.3 Å². The van der Waals surface area contributed by atoms with E-state index < -0.39 is 90.3 Å². The van der Waals surface area contributed by atoms with Crippen LogP contribution in [0.15, 0.2) is 48.6 Å². The number of allylic oxidation sites excluding steroid dienone is 8. The normalized spacial score (nSPS) is 42.1. The van der Waals surface area contributed by atoms with Gasteiger partial charge in [-0.15, -0.1) is 0 Å². The summed E-state index contributed by atoms with van der Waals surface area (Å²) in [6.45, 7) is 6.70. The molecule has 2 fully saturated rings. The lowest BCUT2D eigenvalue weighted by molar-refractivity contribution is -0.319. The van der Waals surface area contributed by atoms with Gasteiger partial charge in [0.15, 0.2) is 0 Å². The van der Waals surface area contributed by atoms with Gasteiger partial charge in [-0.3, -0.25) is 4.79 Å². The number of cyclic esters (lactones) is 2. The van der Waals surface area contributed by atoms with Crippen molar-refractivity contribution in [1.29, 1.82) is 0 Å². The highest BCUT2D eigenvalue weighted by Crippen LogP contribution is 2.38. The molecule has 13 atom stereocenters. The molecule has 4 bridgehead atoms. The summed E-state index contributed by atoms with van der Waals surface area (Å²) in [5, 5.41) is 76.1. The van der Waals surface area contributed by atoms with Crippen LogP contribution in [0.5, 0.6) is 0 Å². The first kappa shape index (κ1) is 49.6. The molecule has 3 unspecified atom stereocenters. The van der Waals surface area contributed by atoms with E-state index in [1.54, 1.807) is 33.8 Å². The zero-order valence-corrected chi connectivity index (χ0v) is 34.8. The second kappa shape index (κ2) is 24.5. The number of rotatable bonds is 0. The number of carbonyl (C=O) groups is 3. The Labute approximate surface area is 343 Å². The minimum atomic E-state index is -2.23. The Bertz CT molecular complexity index is 1400. The molecule has 7 N–H and O–H groups in total. The Morgan fingerprint density at radius 2 is 0.914 bits per heavy atom. The van der Waals surface area contributed by atoms with E-state index in [9.17, 15) is 50.1 Å². The number of carbonyl (C=O) groups excluding carboxylic acids is 3. The fourth-order valence-electron chi connectivity index (χ4n) is 7.60. The van der Waals surface area contributed by atoms with Crippen molar-refractivity contribution in [3.05, 3.63) is 48.6 Å². The van der Waals surface area contributed by atoms with Crippen LogP contribution in [0.3, 0.4) is 0 Å². The molecule has 0 spiro atoms. The van der Waals surface area contributed by atoms with Crippen LogP contribution in [0.4, 0.5) is 0 Å². The molecule has 0 aromatic heterocycles. The van der Waals surface area contributed by atoms with Gasteiger partial charge in [0, 0.05) is 24.7 Å². The Kier molecular flexibility index (Phi) is 20.9. The summed E-state index contributed by atoms with van der Waals surface area (Å²) in [7, 11) is 0. The number of esters is 2. The maximum absolute atomic E-state index is 12.9. The van der Waals surface area contributed by atoms with Crippen molar-refractivity contribution < 1.29 is 69.1 Å². The minimum Gasteiger partial charge on any atom is -0.461 e. The van der Waals surface area contributed by atoms with Crippen LogP contribution in [0.1, 0.15) is 130 Å². The first-order chi connectivity index (χ1) is 27.4. The highest BCUT2D eigenvalue weighted by atomic mass is 16.7. The van der Waals surface area contributed by atoms with E-state index in [4.69, 9.17) is 18.9 Å². The third kappa shape index (κ3) is 16.0. The largest absolute Gasteiger partial charge is 0.461 e. The molecule has 3 aliphatic rings. The zero-order chi connectivity index (χ0) is 42.9. The molecule has 0 aliphatic carbocycles. The van der Waals surface area contributed by atoms with E-state index in [1.807, 2.05) is 42.5 Å². The molecule has 0 aromatic rings. The molecule has 2 saturated heterocycles. The Morgan fingerprint density at radius 3 is 1.40 bits per heavy atom. The number of aliphatic hydroxyl groups is 7. The summed E-state index contributed by atoms with van der Waals surface area (Å²) >= 11 is 0. The monoisotopic (exact) mass is 822 g/mol. The first-order valence-corrected chi connectivity index (χ1v) is 21.2. The van der Waals surface area contributed by atoms with Gasteiger partial charge in [-0.2, -0.15) is 0 Å². The molecule has 0 radical (unpaired) electrons. The quantitative estimate of drug-likeness (QED) is 0.170. The maximum atomic E-state index is 12.9. The van der Waals surface area contributed by atoms with Crippen LogP contribution in [0.25, 0.3) is 0 Å². The second-order valence-electron chi connectivity index (χ2n) is 16.6. The van der Waals surface area contributed by atoms with E-state index in [1.165, 1.54) is 0 Å². The van der Waals surface area contributed by atoms with Gasteiger partial charge in [0.25, 0.3) is 0 Å². The zero-order valence-electron chi connectivity index (χ0n) is 34.8. The molecular weight excluding hydrogens is 752 g/mol. The number of aliphatic hydroxyl groups excluding tert-OH is 5. The van der Waals surface area contributed by atoms with E-state index in [0.29, 0.717) is 77.0 Å². The van der Waals surface area contributed by atoms with Gasteiger partial charge in [-0.1, -0.05) is 62.5 Å². The summed E-state index contributed by atoms with van der Waals surface area (Å²) in [6.07, 6.45) is 11.2. The van der Waals surface area contributed by atoms with E-state index in [0.717, 1.165) is 0 Å². The van der Waals surface area contributed by atoms with Gasteiger partial charge in [-0.05, 0) is 104 Å². The Morgan fingerprint density at radius 1 is 0.500 bits per heavy atom. The average molecular weight is 823 g/mol. The minimum absolute atomic E-state index is 0.0843. The fraction of sp³-hybridized carbons (Fsp3) is 0.750. The van der Waals surface area contributed by atoms with Crippen LogP contribution in [0, 0.1) is 11.8 Å². The molecule has 3 heterocycles. The topological polar surface area (TPSA) is 230 Å². The van der Waals surface area contributed by atoms with Gasteiger partial charge in [-0.25, -0.2) is 9.59 Å². The van der Waals surface area contributed by atoms with Crippen LogP contribution < -0.4 is 0 Å². The fourth-order valence-corrected chi connectivity index (χ4v) is 7.60. The highest BCUT2D eigenvalue weighted by molar-refractivity contribution is 5.79. The number of Topliss-reactive ketones (excluding diaryl/α,β-unsaturated/α-hetero) is 1. The van der Waals surface area contributed by atoms with Crippen LogP contribution in [0.2, 0.25) is 0 Å². The number of hydrogen-bond acceptors (Lipinski definition) is 14. The predicted molar refractivity (Wildman–Crippen MR) is 215 cm³/mol. The summed E-state index contributed by atoms with van der Waals surface area (Å²) < 4.78 is 22.5. The van der Waals surface area contributed by atoms with E-state index in [-0.39, 0.29) is 31.5 Å². The molecule has 0 saturated carbocycles. The smallest absolute Gasteiger partial charge is 0.340 e.